The van der Waals surface area contributed by atoms with Crippen molar-refractivity contribution in [3.63, 3.8) is 0 Å². The first-order valence-corrected chi connectivity index (χ1v) is 20.2. The largest absolute Gasteiger partial charge is 0.309 e. The maximum atomic E-state index is 5.47. The van der Waals surface area contributed by atoms with Gasteiger partial charge in [0.05, 0.1) is 22.1 Å². The van der Waals surface area contributed by atoms with Crippen LogP contribution in [0.1, 0.15) is 25.0 Å². The van der Waals surface area contributed by atoms with Gasteiger partial charge in [-0.05, 0) is 58.7 Å². The molecule has 0 saturated carbocycles. The zero-order chi connectivity index (χ0) is 39.6. The van der Waals surface area contributed by atoms with Crippen molar-refractivity contribution in [2.75, 3.05) is 0 Å². The van der Waals surface area contributed by atoms with Crippen LogP contribution in [0, 0.1) is 0 Å². The molecule has 3 heterocycles. The van der Waals surface area contributed by atoms with Crippen LogP contribution in [0.5, 0.6) is 0 Å². The Morgan fingerprint density at radius 2 is 1.07 bits per heavy atom. The molecule has 0 spiro atoms. The fraction of sp³-hybridized carbons (Fsp3) is 0.0625. The third kappa shape index (κ3) is 4.75. The van der Waals surface area contributed by atoms with Crippen LogP contribution in [-0.2, 0) is 5.41 Å². The van der Waals surface area contributed by atoms with E-state index in [0.29, 0.717) is 17.6 Å². The van der Waals surface area contributed by atoms with E-state index in [1.54, 1.807) is 0 Å². The van der Waals surface area contributed by atoms with Crippen molar-refractivity contribution >= 4 is 110 Å². The number of aromatic nitrogens is 5. The highest BCUT2D eigenvalue weighted by Crippen LogP contribution is 2.49. The van der Waals surface area contributed by atoms with Crippen molar-refractivity contribution in [3.8, 4) is 45.5 Å². The highest BCUT2D eigenvalue weighted by atomic mass is 15.2. The highest BCUT2D eigenvalue weighted by Gasteiger charge is 2.35. The van der Waals surface area contributed by atoms with Crippen molar-refractivity contribution in [1.82, 2.24) is 24.1 Å². The topological polar surface area (TPSA) is 48.5 Å². The molecule has 0 amide bonds. The van der Waals surface area contributed by atoms with Crippen LogP contribution in [0.4, 0.5) is 0 Å². The summed E-state index contributed by atoms with van der Waals surface area (Å²) in [6.07, 6.45) is 0. The molecule has 10 aromatic rings. The molecule has 1 aliphatic rings. The molecule has 0 saturated heterocycles. The van der Waals surface area contributed by atoms with Gasteiger partial charge >= 0.3 is 0 Å². The lowest BCUT2D eigenvalue weighted by molar-refractivity contribution is 0.660. The Bertz CT molecular complexity index is 3360. The van der Waals surface area contributed by atoms with Crippen molar-refractivity contribution in [3.05, 3.63) is 145 Å². The average Bonchev–Trinajstić information content (AvgIpc) is 3.85. The lowest BCUT2D eigenvalue weighted by atomic mass is 9.60. The van der Waals surface area contributed by atoms with Crippen LogP contribution in [0.2, 0.25) is 0 Å². The van der Waals surface area contributed by atoms with E-state index in [1.165, 1.54) is 76.8 Å². The number of rotatable bonds is 4. The van der Waals surface area contributed by atoms with E-state index < -0.39 is 0 Å². The third-order valence-corrected chi connectivity index (χ3v) is 13.4. The molecule has 0 bridgehead atoms. The third-order valence-electron chi connectivity index (χ3n) is 13.4. The SMILES string of the molecule is Bc1c(B)c(B)c(-c2nc(-c3ccc4c(c3)-c3ccccc3C4(C)C)nc(-n3c4ccccc4c4c3ccc3c5ccccc5n(-c5ccccc5)c34)n2)c(B)c1B. The lowest BCUT2D eigenvalue weighted by Gasteiger charge is -2.21. The normalized spacial score (nSPS) is 13.1. The Hall–Kier alpha value is -6.53. The molecule has 5 nitrogen and oxygen atoms in total. The zero-order valence-electron chi connectivity index (χ0n) is 33.9. The Kier molecular flexibility index (Phi) is 7.47. The van der Waals surface area contributed by atoms with Gasteiger partial charge in [0.25, 0.3) is 0 Å². The first-order valence-electron chi connectivity index (χ1n) is 20.2. The number of hydrogen-bond acceptors (Lipinski definition) is 3. The van der Waals surface area contributed by atoms with Gasteiger partial charge < -0.3 is 4.57 Å². The molecular weight excluding hydrogens is 701 g/mol. The zero-order valence-corrected chi connectivity index (χ0v) is 33.9. The van der Waals surface area contributed by atoms with Crippen molar-refractivity contribution in [2.45, 2.75) is 19.3 Å². The second-order valence-electron chi connectivity index (χ2n) is 16.6. The smallest absolute Gasteiger partial charge is 0.238 e. The number of fused-ring (bicyclic) bond motifs is 10. The fourth-order valence-electron chi connectivity index (χ4n) is 9.97. The standard InChI is InChI=1S/C48H38B5N5/c1-48(2)32-17-9-6-14-27(32)31-24-25(20-22-33(31)48)45-54-46(38-39(49)41(51)43(53)42(52)40(38)50)56-47(55-45)58-35-19-11-8-16-30(35)37-36(58)23-21-29-28-15-7-10-18-34(28)57(44(29)37)26-12-4-3-5-13-26/h3-24H,49-53H2,1-2H3. The summed E-state index contributed by atoms with van der Waals surface area (Å²) in [5.41, 5.74) is 19.0. The van der Waals surface area contributed by atoms with Gasteiger partial charge in [0, 0.05) is 43.8 Å². The average molecular weight is 739 g/mol. The summed E-state index contributed by atoms with van der Waals surface area (Å²) in [7, 11) is 11.1. The highest BCUT2D eigenvalue weighted by molar-refractivity contribution is 6.68. The van der Waals surface area contributed by atoms with Crippen molar-refractivity contribution in [2.24, 2.45) is 0 Å². The van der Waals surface area contributed by atoms with E-state index in [1.807, 2.05) is 0 Å². The fourth-order valence-corrected chi connectivity index (χ4v) is 9.97. The number of para-hydroxylation sites is 3. The summed E-state index contributed by atoms with van der Waals surface area (Å²) in [4.78, 5) is 16.3. The lowest BCUT2D eigenvalue weighted by Crippen LogP contribution is -2.55. The number of nitrogens with zero attached hydrogens (tertiary/aromatic N) is 5. The monoisotopic (exact) mass is 739 g/mol. The van der Waals surface area contributed by atoms with Gasteiger partial charge in [-0.15, -0.1) is 16.4 Å². The van der Waals surface area contributed by atoms with E-state index in [2.05, 4.69) is 196 Å². The van der Waals surface area contributed by atoms with E-state index in [0.717, 1.165) is 33.2 Å². The first-order chi connectivity index (χ1) is 28.1. The van der Waals surface area contributed by atoms with E-state index in [-0.39, 0.29) is 5.41 Å². The summed E-state index contributed by atoms with van der Waals surface area (Å²) in [5.74, 6) is 1.95. The summed E-state index contributed by atoms with van der Waals surface area (Å²) >= 11 is 0. The quantitative estimate of drug-likeness (QED) is 0.261. The summed E-state index contributed by atoms with van der Waals surface area (Å²) in [5, 5.41) is 4.76. The maximum Gasteiger partial charge on any atom is 0.238 e. The molecule has 1 aliphatic carbocycles. The minimum Gasteiger partial charge on any atom is -0.309 e. The first kappa shape index (κ1) is 34.7. The predicted octanol–water partition coefficient (Wildman–Crippen LogP) is 3.00. The molecule has 0 N–H and O–H groups in total. The molecule has 58 heavy (non-hydrogen) atoms. The number of benzene rings is 7. The Balaban J connectivity index is 1.25. The molecule has 11 rings (SSSR count). The van der Waals surface area contributed by atoms with Crippen LogP contribution in [-0.4, -0.2) is 63.3 Å². The second kappa shape index (κ2) is 12.5. The van der Waals surface area contributed by atoms with E-state index in [9.17, 15) is 0 Å². The molecule has 270 valence electrons. The van der Waals surface area contributed by atoms with Crippen LogP contribution in [0.25, 0.3) is 89.2 Å². The van der Waals surface area contributed by atoms with E-state index >= 15 is 0 Å². The van der Waals surface area contributed by atoms with Crippen LogP contribution < -0.4 is 27.3 Å². The van der Waals surface area contributed by atoms with Gasteiger partial charge in [0.15, 0.2) is 11.6 Å². The Labute approximate surface area is 342 Å². The van der Waals surface area contributed by atoms with Crippen LogP contribution in [0.3, 0.4) is 0 Å². The minimum atomic E-state index is -0.0957. The number of hydrogen-bond donors (Lipinski definition) is 0. The van der Waals surface area contributed by atoms with Crippen molar-refractivity contribution in [1.29, 1.82) is 0 Å². The maximum absolute atomic E-state index is 5.47. The van der Waals surface area contributed by atoms with Crippen molar-refractivity contribution < 1.29 is 0 Å². The van der Waals surface area contributed by atoms with Gasteiger partial charge in [-0.3, -0.25) is 4.57 Å². The van der Waals surface area contributed by atoms with Gasteiger partial charge in [0.1, 0.15) is 39.2 Å². The predicted molar refractivity (Wildman–Crippen MR) is 258 cm³/mol. The minimum absolute atomic E-state index is 0.0957. The van der Waals surface area contributed by atoms with Gasteiger partial charge in [-0.1, -0.05) is 122 Å². The molecule has 3 aromatic heterocycles. The van der Waals surface area contributed by atoms with Crippen LogP contribution >= 0.6 is 0 Å². The molecule has 0 radical (unpaired) electrons. The Morgan fingerprint density at radius 3 is 1.83 bits per heavy atom. The summed E-state index contributed by atoms with van der Waals surface area (Å²) in [6, 6.07) is 48.2. The molecule has 10 heteroatoms. The summed E-state index contributed by atoms with van der Waals surface area (Å²) < 4.78 is 4.68. The van der Waals surface area contributed by atoms with Crippen LogP contribution in [0.15, 0.2) is 133 Å². The second-order valence-corrected chi connectivity index (χ2v) is 16.6. The molecule has 7 aromatic carbocycles. The summed E-state index contributed by atoms with van der Waals surface area (Å²) in [6.45, 7) is 4.64. The molecular formula is C48H38B5N5. The molecule has 0 atom stereocenters. The van der Waals surface area contributed by atoms with Gasteiger partial charge in [-0.2, -0.15) is 9.97 Å². The molecule has 0 aliphatic heterocycles. The Morgan fingerprint density at radius 1 is 0.466 bits per heavy atom. The molecule has 0 unspecified atom stereocenters. The molecule has 0 fully saturated rings. The van der Waals surface area contributed by atoms with Gasteiger partial charge in [0.2, 0.25) is 5.95 Å². The van der Waals surface area contributed by atoms with Gasteiger partial charge in [-0.25, -0.2) is 4.98 Å². The van der Waals surface area contributed by atoms with E-state index in [4.69, 9.17) is 15.0 Å².